The van der Waals surface area contributed by atoms with Crippen molar-refractivity contribution in [1.82, 2.24) is 29.3 Å². The molecule has 2 saturated heterocycles. The van der Waals surface area contributed by atoms with Crippen molar-refractivity contribution < 1.29 is 9.30 Å². The van der Waals surface area contributed by atoms with E-state index in [1.165, 1.54) is 0 Å². The Kier molecular flexibility index (Phi) is 9.89. The van der Waals surface area contributed by atoms with Gasteiger partial charge in [0.1, 0.15) is 18.7 Å². The average molecular weight is 759 g/mol. The Bertz CT molecular complexity index is 2050. The van der Waals surface area contributed by atoms with Crippen molar-refractivity contribution >= 4 is 68.1 Å². The van der Waals surface area contributed by atoms with Crippen molar-refractivity contribution in [3.05, 3.63) is 71.7 Å². The summed E-state index contributed by atoms with van der Waals surface area (Å²) in [6, 6.07) is 14.8. The number of piperidine rings is 1. The standard InChI is InChI=1S/C37H45BrN9O2P/c1-44-16-18-46(19-17-44)26-11-14-47(15-12-26)33-21-34(49-3)31(20-28(33)25-10-13-45(2)24-25)42-37-40-22-29(38)36(43-37)41-32-23-39-30-9-7-6-8-27(30)35(32)50(4,5)48/h6-10,13,20-24,26H,11-12,14-19H2,1-5H3,(H2,40,41,42,43). The van der Waals surface area contributed by atoms with Crippen LogP contribution >= 0.6 is 23.1 Å². The van der Waals surface area contributed by atoms with Crippen LogP contribution in [0.4, 0.5) is 28.8 Å². The fraction of sp³-hybridized carbons (Fsp3) is 0.378. The highest BCUT2D eigenvalue weighted by atomic mass is 79.9. The molecule has 2 N–H and O–H groups in total. The molecule has 2 aliphatic rings. The molecule has 5 heterocycles. The summed E-state index contributed by atoms with van der Waals surface area (Å²) in [4.78, 5) is 21.7. The van der Waals surface area contributed by atoms with Gasteiger partial charge < -0.3 is 34.3 Å². The molecule has 0 radical (unpaired) electrons. The lowest BCUT2D eigenvalue weighted by atomic mass is 9.98. The van der Waals surface area contributed by atoms with Gasteiger partial charge in [0.25, 0.3) is 0 Å². The summed E-state index contributed by atoms with van der Waals surface area (Å²) in [5, 5.41) is 8.43. The molecule has 3 aromatic heterocycles. The van der Waals surface area contributed by atoms with Crippen molar-refractivity contribution in [2.24, 2.45) is 7.05 Å². The third-order valence-electron chi connectivity index (χ3n) is 9.85. The van der Waals surface area contributed by atoms with E-state index in [0.717, 1.165) is 90.8 Å². The number of aryl methyl sites for hydroxylation is 1. The number of nitrogens with one attached hydrogen (secondary N) is 2. The Morgan fingerprint density at radius 3 is 2.38 bits per heavy atom. The molecule has 0 aliphatic carbocycles. The number of hydrogen-bond acceptors (Lipinski definition) is 10. The van der Waals surface area contributed by atoms with Gasteiger partial charge in [0.2, 0.25) is 5.95 Å². The topological polar surface area (TPSA) is 104 Å². The van der Waals surface area contributed by atoms with Gasteiger partial charge in [0.05, 0.1) is 34.7 Å². The van der Waals surface area contributed by atoms with Gasteiger partial charge in [0, 0.05) is 105 Å². The van der Waals surface area contributed by atoms with Gasteiger partial charge in [-0.15, -0.1) is 0 Å². The Labute approximate surface area is 302 Å². The fourth-order valence-corrected chi connectivity index (χ4v) is 8.96. The lowest BCUT2D eigenvalue weighted by Crippen LogP contribution is -2.52. The van der Waals surface area contributed by atoms with Crippen LogP contribution in [0.5, 0.6) is 5.75 Å². The van der Waals surface area contributed by atoms with Crippen LogP contribution in [-0.2, 0) is 11.6 Å². The molecule has 13 heteroatoms. The lowest BCUT2D eigenvalue weighted by molar-refractivity contribution is 0.0982. The van der Waals surface area contributed by atoms with Crippen LogP contribution in [0.15, 0.2) is 71.7 Å². The first-order valence-corrected chi connectivity index (χ1v) is 20.5. The molecule has 262 valence electrons. The van der Waals surface area contributed by atoms with E-state index in [1.54, 1.807) is 32.8 Å². The molecular weight excluding hydrogens is 713 g/mol. The zero-order valence-electron chi connectivity index (χ0n) is 29.4. The molecule has 0 amide bonds. The quantitative estimate of drug-likeness (QED) is 0.157. The number of hydrogen-bond donors (Lipinski definition) is 2. The van der Waals surface area contributed by atoms with E-state index >= 15 is 0 Å². The summed E-state index contributed by atoms with van der Waals surface area (Å²) in [6.07, 6.45) is 9.94. The number of piperazine rings is 1. The minimum Gasteiger partial charge on any atom is -0.494 e. The smallest absolute Gasteiger partial charge is 0.229 e. The average Bonchev–Trinajstić information content (AvgIpc) is 3.55. The van der Waals surface area contributed by atoms with Crippen LogP contribution in [-0.4, -0.2) is 102 Å². The zero-order valence-corrected chi connectivity index (χ0v) is 31.8. The van der Waals surface area contributed by atoms with Crippen molar-refractivity contribution in [3.63, 3.8) is 0 Å². The molecule has 2 aliphatic heterocycles. The maximum Gasteiger partial charge on any atom is 0.229 e. The zero-order chi connectivity index (χ0) is 35.0. The van der Waals surface area contributed by atoms with Crippen molar-refractivity contribution in [1.29, 1.82) is 0 Å². The predicted octanol–water partition coefficient (Wildman–Crippen LogP) is 6.75. The second kappa shape index (κ2) is 14.3. The number of para-hydroxylation sites is 1. The molecule has 0 bridgehead atoms. The SMILES string of the molecule is COc1cc(N2CCC(N3CCN(C)CC3)CC2)c(-c2ccn(C)c2)cc1Nc1ncc(Br)c(Nc2cnc3ccccc3c2P(C)(C)=O)n1. The number of halogens is 1. The van der Waals surface area contributed by atoms with E-state index in [0.29, 0.717) is 33.7 Å². The van der Waals surface area contributed by atoms with Crippen LogP contribution in [0.1, 0.15) is 12.8 Å². The number of anilines is 5. The van der Waals surface area contributed by atoms with E-state index < -0.39 is 7.14 Å². The number of likely N-dealkylation sites (N-methyl/N-ethyl adjacent to an activating group) is 1. The van der Waals surface area contributed by atoms with Crippen LogP contribution in [0.2, 0.25) is 0 Å². The number of aromatic nitrogens is 4. The molecule has 0 atom stereocenters. The number of ether oxygens (including phenoxy) is 1. The van der Waals surface area contributed by atoms with E-state index in [2.05, 4.69) is 93.4 Å². The van der Waals surface area contributed by atoms with E-state index in [-0.39, 0.29) is 0 Å². The molecule has 2 aromatic carbocycles. The van der Waals surface area contributed by atoms with Gasteiger partial charge in [-0.1, -0.05) is 18.2 Å². The van der Waals surface area contributed by atoms with Crippen LogP contribution < -0.4 is 25.6 Å². The summed E-state index contributed by atoms with van der Waals surface area (Å²) in [6.45, 7) is 10.1. The Hall–Kier alpha value is -3.96. The number of rotatable bonds is 9. The minimum atomic E-state index is -2.70. The second-order valence-corrected chi connectivity index (χ2v) is 17.7. The first-order valence-electron chi connectivity index (χ1n) is 17.1. The normalized spacial score (nSPS) is 16.6. The van der Waals surface area contributed by atoms with Crippen LogP contribution in [0, 0.1) is 0 Å². The van der Waals surface area contributed by atoms with Gasteiger partial charge in [0.15, 0.2) is 0 Å². The molecule has 2 fully saturated rings. The summed E-state index contributed by atoms with van der Waals surface area (Å²) in [5.74, 6) is 1.62. The third-order valence-corrected chi connectivity index (χ3v) is 12.0. The monoisotopic (exact) mass is 757 g/mol. The molecular formula is C37H45BrN9O2P. The number of nitrogens with zero attached hydrogens (tertiary/aromatic N) is 7. The molecule has 11 nitrogen and oxygen atoms in total. The van der Waals surface area contributed by atoms with Crippen molar-refractivity contribution in [2.45, 2.75) is 18.9 Å². The van der Waals surface area contributed by atoms with Gasteiger partial charge >= 0.3 is 0 Å². The van der Waals surface area contributed by atoms with Crippen molar-refractivity contribution in [2.75, 3.05) is 82.3 Å². The maximum atomic E-state index is 13.5. The Morgan fingerprint density at radius 2 is 1.68 bits per heavy atom. The van der Waals surface area contributed by atoms with Gasteiger partial charge in [-0.3, -0.25) is 9.88 Å². The summed E-state index contributed by atoms with van der Waals surface area (Å²) < 4.78 is 22.3. The number of fused-ring (bicyclic) bond motifs is 1. The first kappa shape index (κ1) is 34.5. The lowest BCUT2D eigenvalue weighted by Gasteiger charge is -2.43. The number of benzene rings is 2. The summed E-state index contributed by atoms with van der Waals surface area (Å²) >= 11 is 3.61. The van der Waals surface area contributed by atoms with E-state index in [1.807, 2.05) is 31.3 Å². The van der Waals surface area contributed by atoms with Crippen molar-refractivity contribution in [3.8, 4) is 16.9 Å². The summed E-state index contributed by atoms with van der Waals surface area (Å²) in [7, 11) is 3.26. The van der Waals surface area contributed by atoms with Gasteiger partial charge in [-0.2, -0.15) is 4.98 Å². The molecule has 5 aromatic rings. The minimum absolute atomic E-state index is 0.389. The molecule has 0 spiro atoms. The van der Waals surface area contributed by atoms with Crippen LogP contribution in [0.3, 0.4) is 0 Å². The first-order chi connectivity index (χ1) is 24.1. The number of methoxy groups -OCH3 is 1. The van der Waals surface area contributed by atoms with Gasteiger partial charge in [-0.05, 0) is 67.3 Å². The van der Waals surface area contributed by atoms with E-state index in [4.69, 9.17) is 9.72 Å². The number of pyridine rings is 1. The highest BCUT2D eigenvalue weighted by Gasteiger charge is 2.29. The van der Waals surface area contributed by atoms with Crippen LogP contribution in [0.25, 0.3) is 22.0 Å². The molecule has 50 heavy (non-hydrogen) atoms. The maximum absolute atomic E-state index is 13.5. The van der Waals surface area contributed by atoms with E-state index in [9.17, 15) is 4.57 Å². The second-order valence-electron chi connectivity index (χ2n) is 13.7. The predicted molar refractivity (Wildman–Crippen MR) is 209 cm³/mol. The summed E-state index contributed by atoms with van der Waals surface area (Å²) in [5.41, 5.74) is 5.62. The highest BCUT2D eigenvalue weighted by molar-refractivity contribution is 9.10. The van der Waals surface area contributed by atoms with Gasteiger partial charge in [-0.25, -0.2) is 4.98 Å². The highest BCUT2D eigenvalue weighted by Crippen LogP contribution is 2.43. The molecule has 7 rings (SSSR count). The fourth-order valence-electron chi connectivity index (χ4n) is 7.21. The Morgan fingerprint density at radius 1 is 0.920 bits per heavy atom. The molecule has 0 saturated carbocycles. The Balaban J connectivity index is 1.18. The largest absolute Gasteiger partial charge is 0.494 e. The molecule has 0 unspecified atom stereocenters. The third kappa shape index (κ3) is 7.26.